The molecule has 1 aliphatic carbocycles. The zero-order valence-corrected chi connectivity index (χ0v) is 15.3. The van der Waals surface area contributed by atoms with Crippen LogP contribution in [0.2, 0.25) is 0 Å². The SMILES string of the molecule is Cc1cc(NC(=O)c2cc3c([nH]c2=O)CC(C)(C)CC3=O)ccc1C(=O)O. The summed E-state index contributed by atoms with van der Waals surface area (Å²) >= 11 is 0. The molecule has 0 aliphatic heterocycles. The Morgan fingerprint density at radius 3 is 2.44 bits per heavy atom. The molecule has 3 N–H and O–H groups in total. The van der Waals surface area contributed by atoms with Crippen molar-refractivity contribution in [3.63, 3.8) is 0 Å². The Bertz CT molecular complexity index is 1030. The van der Waals surface area contributed by atoms with Crippen molar-refractivity contribution in [2.45, 2.75) is 33.6 Å². The number of carbonyl (C=O) groups is 3. The molecule has 0 atom stereocenters. The lowest BCUT2D eigenvalue weighted by atomic mass is 9.75. The van der Waals surface area contributed by atoms with Crippen LogP contribution in [-0.2, 0) is 6.42 Å². The van der Waals surface area contributed by atoms with Gasteiger partial charge in [-0.1, -0.05) is 13.8 Å². The molecule has 1 amide bonds. The Balaban J connectivity index is 1.91. The third-order valence-corrected chi connectivity index (χ3v) is 4.68. The molecule has 27 heavy (non-hydrogen) atoms. The number of aromatic carboxylic acids is 1. The average Bonchev–Trinajstić information content (AvgIpc) is 2.52. The van der Waals surface area contributed by atoms with Crippen molar-refractivity contribution in [1.82, 2.24) is 4.98 Å². The maximum Gasteiger partial charge on any atom is 0.335 e. The monoisotopic (exact) mass is 368 g/mol. The van der Waals surface area contributed by atoms with E-state index in [4.69, 9.17) is 5.11 Å². The van der Waals surface area contributed by atoms with E-state index in [-0.39, 0.29) is 22.3 Å². The van der Waals surface area contributed by atoms with Crippen LogP contribution in [0.15, 0.2) is 29.1 Å². The van der Waals surface area contributed by atoms with E-state index in [2.05, 4.69) is 10.3 Å². The molecule has 3 rings (SSSR count). The Labute approximate surface area is 155 Å². The number of ketones is 1. The quantitative estimate of drug-likeness (QED) is 0.770. The minimum absolute atomic E-state index is 0.104. The van der Waals surface area contributed by atoms with Crippen molar-refractivity contribution in [2.24, 2.45) is 5.41 Å². The number of hydrogen-bond donors (Lipinski definition) is 3. The number of aromatic nitrogens is 1. The van der Waals surface area contributed by atoms with Crippen LogP contribution in [0.25, 0.3) is 0 Å². The first-order valence-electron chi connectivity index (χ1n) is 8.52. The number of carboxylic acids is 1. The standard InChI is InChI=1S/C20H20N2O5/c1-10-6-11(4-5-12(10)19(26)27)21-17(24)14-7-13-15(22-18(14)25)8-20(2,3)9-16(13)23/h4-7H,8-9H2,1-3H3,(H,21,24)(H,22,25)(H,26,27). The van der Waals surface area contributed by atoms with Crippen LogP contribution < -0.4 is 10.9 Å². The molecular formula is C20H20N2O5. The van der Waals surface area contributed by atoms with Crippen molar-refractivity contribution in [2.75, 3.05) is 5.32 Å². The lowest BCUT2D eigenvalue weighted by molar-refractivity contribution is 0.0695. The van der Waals surface area contributed by atoms with E-state index in [1.165, 1.54) is 24.3 Å². The van der Waals surface area contributed by atoms with E-state index in [0.29, 0.717) is 35.3 Å². The largest absolute Gasteiger partial charge is 0.478 e. The van der Waals surface area contributed by atoms with Crippen molar-refractivity contribution in [3.05, 3.63) is 62.6 Å². The summed E-state index contributed by atoms with van der Waals surface area (Å²) in [6.07, 6.45) is 0.907. The number of amides is 1. The van der Waals surface area contributed by atoms with Gasteiger partial charge in [-0.15, -0.1) is 0 Å². The van der Waals surface area contributed by atoms with Crippen LogP contribution in [0.1, 0.15) is 62.6 Å². The lowest BCUT2D eigenvalue weighted by Crippen LogP contribution is -2.32. The molecule has 7 heteroatoms. The molecule has 0 saturated carbocycles. The molecule has 1 aromatic heterocycles. The number of hydrogen-bond acceptors (Lipinski definition) is 4. The number of aryl methyl sites for hydroxylation is 1. The number of anilines is 1. The number of carbonyl (C=O) groups excluding carboxylic acids is 2. The lowest BCUT2D eigenvalue weighted by Gasteiger charge is -2.29. The molecule has 140 valence electrons. The fourth-order valence-corrected chi connectivity index (χ4v) is 3.38. The number of carboxylic acid groups (broad SMARTS) is 1. The molecule has 0 unspecified atom stereocenters. The molecule has 0 saturated heterocycles. The first-order chi connectivity index (χ1) is 12.6. The Morgan fingerprint density at radius 1 is 1.11 bits per heavy atom. The smallest absolute Gasteiger partial charge is 0.335 e. The highest BCUT2D eigenvalue weighted by atomic mass is 16.4. The van der Waals surface area contributed by atoms with Crippen LogP contribution >= 0.6 is 0 Å². The van der Waals surface area contributed by atoms with Gasteiger partial charge in [-0.3, -0.25) is 14.4 Å². The number of H-pyrrole nitrogens is 1. The van der Waals surface area contributed by atoms with E-state index in [0.717, 1.165) is 0 Å². The van der Waals surface area contributed by atoms with E-state index in [1.54, 1.807) is 6.92 Å². The fraction of sp³-hybridized carbons (Fsp3) is 0.300. The second-order valence-corrected chi connectivity index (χ2v) is 7.63. The average molecular weight is 368 g/mol. The third kappa shape index (κ3) is 3.67. The van der Waals surface area contributed by atoms with Gasteiger partial charge in [0.25, 0.3) is 11.5 Å². The Kier molecular flexibility index (Phi) is 4.47. The van der Waals surface area contributed by atoms with Crippen LogP contribution in [0.4, 0.5) is 5.69 Å². The zero-order chi connectivity index (χ0) is 19.9. The molecule has 1 aromatic carbocycles. The highest BCUT2D eigenvalue weighted by molar-refractivity contribution is 6.07. The minimum atomic E-state index is -1.06. The normalized spacial score (nSPS) is 15.1. The number of benzene rings is 1. The topological polar surface area (TPSA) is 116 Å². The van der Waals surface area contributed by atoms with Crippen molar-refractivity contribution in [3.8, 4) is 0 Å². The maximum absolute atomic E-state index is 12.5. The fourth-order valence-electron chi connectivity index (χ4n) is 3.38. The molecule has 0 bridgehead atoms. The predicted octanol–water partition coefficient (Wildman–Crippen LogP) is 2.79. The molecule has 0 radical (unpaired) electrons. The van der Waals surface area contributed by atoms with Gasteiger partial charge in [0, 0.05) is 23.4 Å². The summed E-state index contributed by atoms with van der Waals surface area (Å²) in [5.74, 6) is -1.81. The van der Waals surface area contributed by atoms with Gasteiger partial charge in [-0.05, 0) is 48.6 Å². The number of rotatable bonds is 3. The summed E-state index contributed by atoms with van der Waals surface area (Å²) in [4.78, 5) is 51.0. The van der Waals surface area contributed by atoms with Gasteiger partial charge in [0.15, 0.2) is 5.78 Å². The van der Waals surface area contributed by atoms with Gasteiger partial charge in [0.1, 0.15) is 5.56 Å². The highest BCUT2D eigenvalue weighted by Crippen LogP contribution is 2.33. The second kappa shape index (κ2) is 6.50. The first kappa shape index (κ1) is 18.6. The molecular weight excluding hydrogens is 348 g/mol. The first-order valence-corrected chi connectivity index (χ1v) is 8.52. The van der Waals surface area contributed by atoms with Crippen LogP contribution in [0.5, 0.6) is 0 Å². The minimum Gasteiger partial charge on any atom is -0.478 e. The van der Waals surface area contributed by atoms with Crippen molar-refractivity contribution < 1.29 is 19.5 Å². The third-order valence-electron chi connectivity index (χ3n) is 4.68. The van der Waals surface area contributed by atoms with E-state index in [1.807, 2.05) is 13.8 Å². The van der Waals surface area contributed by atoms with Gasteiger partial charge in [-0.25, -0.2) is 4.79 Å². The maximum atomic E-state index is 12.5. The number of Topliss-reactive ketones (excluding diaryl/α,β-unsaturated/α-hetero) is 1. The van der Waals surface area contributed by atoms with Crippen LogP contribution in [0.3, 0.4) is 0 Å². The summed E-state index contributed by atoms with van der Waals surface area (Å²) in [6, 6.07) is 5.70. The predicted molar refractivity (Wildman–Crippen MR) is 99.6 cm³/mol. The number of fused-ring (bicyclic) bond motifs is 1. The number of pyridine rings is 1. The van der Waals surface area contributed by atoms with E-state index in [9.17, 15) is 19.2 Å². The second-order valence-electron chi connectivity index (χ2n) is 7.63. The Hall–Kier alpha value is -3.22. The van der Waals surface area contributed by atoms with Gasteiger partial charge in [-0.2, -0.15) is 0 Å². The summed E-state index contributed by atoms with van der Waals surface area (Å²) in [7, 11) is 0. The summed E-state index contributed by atoms with van der Waals surface area (Å²) in [6.45, 7) is 5.52. The molecule has 2 aromatic rings. The molecule has 0 spiro atoms. The molecule has 0 fully saturated rings. The van der Waals surface area contributed by atoms with Crippen molar-refractivity contribution in [1.29, 1.82) is 0 Å². The van der Waals surface area contributed by atoms with Gasteiger partial charge >= 0.3 is 5.97 Å². The molecule has 1 heterocycles. The summed E-state index contributed by atoms with van der Waals surface area (Å²) < 4.78 is 0. The molecule has 1 aliphatic rings. The van der Waals surface area contributed by atoms with E-state index < -0.39 is 17.4 Å². The van der Waals surface area contributed by atoms with Gasteiger partial charge in [0.05, 0.1) is 5.56 Å². The van der Waals surface area contributed by atoms with Crippen LogP contribution in [-0.4, -0.2) is 27.8 Å². The number of nitrogens with one attached hydrogen (secondary N) is 2. The Morgan fingerprint density at radius 2 is 1.81 bits per heavy atom. The number of aromatic amines is 1. The van der Waals surface area contributed by atoms with Gasteiger partial charge < -0.3 is 15.4 Å². The van der Waals surface area contributed by atoms with E-state index >= 15 is 0 Å². The van der Waals surface area contributed by atoms with Crippen LogP contribution in [0, 0.1) is 12.3 Å². The summed E-state index contributed by atoms with van der Waals surface area (Å²) in [5, 5.41) is 11.6. The van der Waals surface area contributed by atoms with Gasteiger partial charge in [0.2, 0.25) is 0 Å². The highest BCUT2D eigenvalue weighted by Gasteiger charge is 2.32. The van der Waals surface area contributed by atoms with Crippen molar-refractivity contribution >= 4 is 23.3 Å². The zero-order valence-electron chi connectivity index (χ0n) is 15.3. The summed E-state index contributed by atoms with van der Waals surface area (Å²) in [5.41, 5.74) is 0.963. The molecule has 7 nitrogen and oxygen atoms in total.